The first-order valence-electron chi connectivity index (χ1n) is 8.18. The molecule has 2 heterocycles. The molecule has 0 unspecified atom stereocenters. The molecule has 1 aromatic carbocycles. The normalized spacial score (nSPS) is 16.6. The van der Waals surface area contributed by atoms with Gasteiger partial charge in [-0.05, 0) is 30.5 Å². The van der Waals surface area contributed by atoms with E-state index in [9.17, 15) is 28.4 Å². The highest BCUT2D eigenvalue weighted by molar-refractivity contribution is 5.54. The molecule has 1 aromatic heterocycles. The number of alkyl halides is 3. The monoisotopic (exact) mass is 399 g/mol. The molecule has 0 atom stereocenters. The van der Waals surface area contributed by atoms with Crippen molar-refractivity contribution in [3.63, 3.8) is 0 Å². The molecule has 1 aliphatic rings. The number of rotatable bonds is 4. The molecule has 1 fully saturated rings. The average molecular weight is 399 g/mol. The highest BCUT2D eigenvalue weighted by atomic mass is 19.4. The Bertz CT molecular complexity index is 885. The molecule has 0 spiro atoms. The second-order valence-corrected chi connectivity index (χ2v) is 6.29. The molecule has 28 heavy (non-hydrogen) atoms. The highest BCUT2D eigenvalue weighted by Gasteiger charge is 2.36. The van der Waals surface area contributed by atoms with Gasteiger partial charge < -0.3 is 20.5 Å². The van der Waals surface area contributed by atoms with E-state index in [1.807, 2.05) is 0 Å². The Hall–Kier alpha value is -3.15. The first-order chi connectivity index (χ1) is 13.1. The number of hydrogen-bond acceptors (Lipinski definition) is 8. The lowest BCUT2D eigenvalue weighted by Gasteiger charge is -2.38. The fourth-order valence-corrected chi connectivity index (χ4v) is 3.02. The highest BCUT2D eigenvalue weighted by Crippen LogP contribution is 2.36. The molecule has 9 nitrogen and oxygen atoms in total. The lowest BCUT2D eigenvalue weighted by atomic mass is 9.84. The van der Waals surface area contributed by atoms with Gasteiger partial charge in [-0.3, -0.25) is 10.1 Å². The topological polar surface area (TPSA) is 128 Å². The number of hydrogen-bond donors (Lipinski definition) is 2. The van der Waals surface area contributed by atoms with Gasteiger partial charge in [-0.25, -0.2) is 4.98 Å². The number of benzene rings is 1. The third kappa shape index (κ3) is 4.22. The summed E-state index contributed by atoms with van der Waals surface area (Å²) < 4.78 is 41.1. The third-order valence-electron chi connectivity index (χ3n) is 4.46. The van der Waals surface area contributed by atoms with Crippen molar-refractivity contribution in [1.29, 1.82) is 0 Å². The molecule has 0 aliphatic carbocycles. The minimum Gasteiger partial charge on any atom is -0.406 e. The van der Waals surface area contributed by atoms with Gasteiger partial charge in [0.2, 0.25) is 11.8 Å². The summed E-state index contributed by atoms with van der Waals surface area (Å²) >= 11 is 0. The van der Waals surface area contributed by atoms with Crippen LogP contribution in [0.15, 0.2) is 30.5 Å². The second kappa shape index (κ2) is 7.11. The first-order valence-corrected chi connectivity index (χ1v) is 8.18. The van der Waals surface area contributed by atoms with Gasteiger partial charge in [0.25, 0.3) is 0 Å². The van der Waals surface area contributed by atoms with Crippen LogP contribution in [0.3, 0.4) is 0 Å². The van der Waals surface area contributed by atoms with E-state index in [4.69, 9.17) is 5.73 Å². The van der Waals surface area contributed by atoms with Gasteiger partial charge in [0.15, 0.2) is 0 Å². The van der Waals surface area contributed by atoms with E-state index in [2.05, 4.69) is 14.7 Å². The number of piperidine rings is 1. The van der Waals surface area contributed by atoms with Crippen LogP contribution in [-0.4, -0.2) is 39.4 Å². The van der Waals surface area contributed by atoms with Crippen molar-refractivity contribution in [1.82, 2.24) is 9.97 Å². The van der Waals surface area contributed by atoms with E-state index in [1.165, 1.54) is 12.1 Å². The summed E-state index contributed by atoms with van der Waals surface area (Å²) in [5.41, 5.74) is 4.11. The zero-order valence-electron chi connectivity index (χ0n) is 14.4. The summed E-state index contributed by atoms with van der Waals surface area (Å²) in [4.78, 5) is 19.6. The van der Waals surface area contributed by atoms with Crippen molar-refractivity contribution in [3.8, 4) is 5.75 Å². The lowest BCUT2D eigenvalue weighted by molar-refractivity contribution is -0.384. The van der Waals surface area contributed by atoms with E-state index in [0.29, 0.717) is 5.56 Å². The standard InChI is InChI=1S/C16H16F3N5O4/c17-16(18,19)28-11-3-1-2-10(8-11)15(25)4-6-23(7-5-15)14-21-9-12(24(26)27)13(20)22-14/h1-3,8-9,25H,4-7H2,(H2,20,21,22). The average Bonchev–Trinajstić information content (AvgIpc) is 2.61. The summed E-state index contributed by atoms with van der Waals surface area (Å²) in [5.74, 6) is -0.500. The SMILES string of the molecule is Nc1nc(N2CCC(O)(c3cccc(OC(F)(F)F)c3)CC2)ncc1[N+](=O)[O-]. The number of ether oxygens (including phenoxy) is 1. The molecular weight excluding hydrogens is 383 g/mol. The van der Waals surface area contributed by atoms with Crippen molar-refractivity contribution >= 4 is 17.5 Å². The van der Waals surface area contributed by atoms with Gasteiger partial charge in [-0.2, -0.15) is 4.98 Å². The van der Waals surface area contributed by atoms with Crippen molar-refractivity contribution in [3.05, 3.63) is 46.1 Å². The molecule has 3 N–H and O–H groups in total. The van der Waals surface area contributed by atoms with Gasteiger partial charge in [0.1, 0.15) is 11.9 Å². The minimum atomic E-state index is -4.82. The zero-order chi connectivity index (χ0) is 20.5. The Morgan fingerprint density at radius 2 is 2.00 bits per heavy atom. The van der Waals surface area contributed by atoms with E-state index >= 15 is 0 Å². The number of aliphatic hydroxyl groups is 1. The molecule has 0 amide bonds. The van der Waals surface area contributed by atoms with Crippen LogP contribution in [-0.2, 0) is 5.60 Å². The van der Waals surface area contributed by atoms with Crippen LogP contribution in [0.1, 0.15) is 18.4 Å². The number of anilines is 2. The van der Waals surface area contributed by atoms with Crippen LogP contribution in [0.5, 0.6) is 5.75 Å². The maximum atomic E-state index is 12.4. The Morgan fingerprint density at radius 3 is 2.57 bits per heavy atom. The fourth-order valence-electron chi connectivity index (χ4n) is 3.02. The molecule has 150 valence electrons. The number of aromatic nitrogens is 2. The molecule has 12 heteroatoms. The molecule has 0 radical (unpaired) electrons. The molecule has 1 saturated heterocycles. The fraction of sp³-hybridized carbons (Fsp3) is 0.375. The van der Waals surface area contributed by atoms with Gasteiger partial charge in [0.05, 0.1) is 10.5 Å². The van der Waals surface area contributed by atoms with Gasteiger partial charge >= 0.3 is 12.0 Å². The predicted octanol–water partition coefficient (Wildman–Crippen LogP) is 2.35. The summed E-state index contributed by atoms with van der Waals surface area (Å²) in [7, 11) is 0. The van der Waals surface area contributed by atoms with Gasteiger partial charge in [-0.15, -0.1) is 13.2 Å². The Kier molecular flexibility index (Phi) is 4.98. The van der Waals surface area contributed by atoms with Crippen LogP contribution in [0.4, 0.5) is 30.6 Å². The molecule has 0 bridgehead atoms. The maximum absolute atomic E-state index is 12.4. The first kappa shape index (κ1) is 19.6. The number of nitro groups is 1. The Morgan fingerprint density at radius 1 is 1.32 bits per heavy atom. The summed E-state index contributed by atoms with van der Waals surface area (Å²) in [6.07, 6.45) is -3.44. The van der Waals surface area contributed by atoms with E-state index in [1.54, 1.807) is 4.90 Å². The van der Waals surface area contributed by atoms with E-state index in [-0.39, 0.29) is 37.7 Å². The number of nitrogens with zero attached hydrogens (tertiary/aromatic N) is 4. The largest absolute Gasteiger partial charge is 0.573 e. The molecule has 1 aliphatic heterocycles. The van der Waals surface area contributed by atoms with Crippen LogP contribution in [0, 0.1) is 10.1 Å². The van der Waals surface area contributed by atoms with Crippen molar-refractivity contribution in [2.75, 3.05) is 23.7 Å². The van der Waals surface area contributed by atoms with Crippen LogP contribution >= 0.6 is 0 Å². The predicted molar refractivity (Wildman–Crippen MR) is 91.6 cm³/mol. The smallest absolute Gasteiger partial charge is 0.406 e. The van der Waals surface area contributed by atoms with Crippen molar-refractivity contribution in [2.45, 2.75) is 24.8 Å². The number of nitrogen functional groups attached to an aromatic ring is 1. The summed E-state index contributed by atoms with van der Waals surface area (Å²) in [6, 6.07) is 5.21. The van der Waals surface area contributed by atoms with Gasteiger partial charge in [0, 0.05) is 13.1 Å². The van der Waals surface area contributed by atoms with Crippen molar-refractivity contribution < 1.29 is 27.9 Å². The molecular formula is C16H16F3N5O4. The molecule has 0 saturated carbocycles. The van der Waals surface area contributed by atoms with E-state index < -0.39 is 28.3 Å². The second-order valence-electron chi connectivity index (χ2n) is 6.29. The number of halogens is 3. The minimum absolute atomic E-state index is 0.180. The maximum Gasteiger partial charge on any atom is 0.573 e. The van der Waals surface area contributed by atoms with Gasteiger partial charge in [-0.1, -0.05) is 12.1 Å². The number of nitrogens with two attached hydrogens (primary N) is 1. The Balaban J connectivity index is 1.73. The van der Waals surface area contributed by atoms with Crippen molar-refractivity contribution in [2.24, 2.45) is 0 Å². The van der Waals surface area contributed by atoms with Crippen LogP contribution < -0.4 is 15.4 Å². The van der Waals surface area contributed by atoms with E-state index in [0.717, 1.165) is 18.3 Å². The third-order valence-corrected chi connectivity index (χ3v) is 4.46. The quantitative estimate of drug-likeness (QED) is 0.592. The zero-order valence-corrected chi connectivity index (χ0v) is 14.4. The lowest BCUT2D eigenvalue weighted by Crippen LogP contribution is -2.43. The molecule has 2 aromatic rings. The summed E-state index contributed by atoms with van der Waals surface area (Å²) in [6.45, 7) is 0.552. The Labute approximate surface area is 156 Å². The van der Waals surface area contributed by atoms with Crippen LogP contribution in [0.2, 0.25) is 0 Å². The molecule has 3 rings (SSSR count). The summed E-state index contributed by atoms with van der Waals surface area (Å²) in [5, 5.41) is 21.7. The van der Waals surface area contributed by atoms with Crippen LogP contribution in [0.25, 0.3) is 0 Å².